The number of hydrogen-bond donors (Lipinski definition) is 4. The first-order valence-electron chi connectivity index (χ1n) is 11.4. The summed E-state index contributed by atoms with van der Waals surface area (Å²) in [4.78, 5) is 78.5. The van der Waals surface area contributed by atoms with Gasteiger partial charge in [0.25, 0.3) is 0 Å². The van der Waals surface area contributed by atoms with Crippen molar-refractivity contribution in [1.29, 1.82) is 0 Å². The second-order valence-electron chi connectivity index (χ2n) is 9.89. The van der Waals surface area contributed by atoms with E-state index in [1.165, 1.54) is 25.1 Å². The molecule has 1 aromatic rings. The van der Waals surface area contributed by atoms with E-state index < -0.39 is 80.8 Å². The molecule has 1 aromatic carbocycles. The number of hydrogen-bond acceptors (Lipinski definition) is 9. The third-order valence-electron chi connectivity index (χ3n) is 7.55. The summed E-state index contributed by atoms with van der Waals surface area (Å²) in [5.41, 5.74) is 2.75. The van der Waals surface area contributed by atoms with Crippen molar-refractivity contribution in [2.24, 2.45) is 29.4 Å². The Hall–Kier alpha value is -2.96. The Labute approximate surface area is 214 Å². The summed E-state index contributed by atoms with van der Waals surface area (Å²) in [5, 5.41) is 24.8. The van der Waals surface area contributed by atoms with Gasteiger partial charge in [0.2, 0.25) is 11.8 Å². The van der Waals surface area contributed by atoms with Gasteiger partial charge in [0.1, 0.15) is 5.75 Å². The van der Waals surface area contributed by atoms with Crippen LogP contribution >= 0.6 is 15.9 Å². The highest BCUT2D eigenvalue weighted by molar-refractivity contribution is 9.10. The third-order valence-corrected chi connectivity index (χ3v) is 7.97. The number of likely N-dealkylation sites (N-methyl/N-ethyl adjacent to an activating group) is 1. The summed E-state index contributed by atoms with van der Waals surface area (Å²) in [6.07, 6.45) is 0.132. The number of nitrogens with one attached hydrogen (secondary N) is 1. The Bertz CT molecular complexity index is 1230. The summed E-state index contributed by atoms with van der Waals surface area (Å²) in [5.74, 6) is -11.6. The van der Waals surface area contributed by atoms with Gasteiger partial charge in [-0.2, -0.15) is 0 Å². The zero-order valence-corrected chi connectivity index (χ0v) is 21.4. The number of phenols is 1. The van der Waals surface area contributed by atoms with E-state index in [-0.39, 0.29) is 24.1 Å². The standard InChI is InChI=1S/C24H26BrN3O8/c1-8(25)23(35)27-12-5-4-9-6-10-7-11-16(28(2)3)19(31)15(22(26)34)21(33)24(11,36)20(32)14(10)18(30)13(9)17(12)29/h4-5,8,10-11,14-16,29,36H,6-7H2,1-3H3,(H2,26,34)(H,27,35)/t8?,10?,11?,14?,15?,16-,24-/m0/s1. The molecule has 11 nitrogen and oxygen atoms in total. The highest BCUT2D eigenvalue weighted by Crippen LogP contribution is 2.51. The van der Waals surface area contributed by atoms with E-state index >= 15 is 0 Å². The fourth-order valence-corrected chi connectivity index (χ4v) is 6.03. The maximum absolute atomic E-state index is 13.7. The van der Waals surface area contributed by atoms with E-state index in [2.05, 4.69) is 21.2 Å². The average Bonchev–Trinajstić information content (AvgIpc) is 2.77. The molecule has 192 valence electrons. The quantitative estimate of drug-likeness (QED) is 0.214. The molecular weight excluding hydrogens is 538 g/mol. The number of fused-ring (bicyclic) bond motifs is 3. The number of carbonyl (C=O) groups is 6. The maximum atomic E-state index is 13.7. The van der Waals surface area contributed by atoms with E-state index in [4.69, 9.17) is 5.73 Å². The number of carbonyl (C=O) groups excluding carboxylic acids is 6. The largest absolute Gasteiger partial charge is 0.505 e. The summed E-state index contributed by atoms with van der Waals surface area (Å²) < 4.78 is 0. The molecule has 0 saturated heterocycles. The van der Waals surface area contributed by atoms with Crippen molar-refractivity contribution < 1.29 is 39.0 Å². The smallest absolute Gasteiger partial charge is 0.237 e. The van der Waals surface area contributed by atoms with Crippen molar-refractivity contribution in [3.05, 3.63) is 23.3 Å². The van der Waals surface area contributed by atoms with E-state index in [0.717, 1.165) is 0 Å². The number of ketones is 4. The molecule has 2 saturated carbocycles. The number of rotatable bonds is 4. The second kappa shape index (κ2) is 8.86. The van der Waals surface area contributed by atoms with E-state index in [9.17, 15) is 39.0 Å². The van der Waals surface area contributed by atoms with Crippen LogP contribution in [0.2, 0.25) is 0 Å². The number of aliphatic hydroxyl groups is 1. The Balaban J connectivity index is 1.80. The summed E-state index contributed by atoms with van der Waals surface area (Å²) in [6.45, 7) is 1.57. The molecule has 2 amide bonds. The first-order valence-corrected chi connectivity index (χ1v) is 12.3. The van der Waals surface area contributed by atoms with Crippen LogP contribution in [0.5, 0.6) is 5.75 Å². The minimum atomic E-state index is -2.77. The molecule has 7 atom stereocenters. The fraction of sp³-hybridized carbons (Fsp3) is 0.500. The van der Waals surface area contributed by atoms with Crippen LogP contribution in [0, 0.1) is 23.7 Å². The highest BCUT2D eigenvalue weighted by atomic mass is 79.9. The molecular formula is C24H26BrN3O8. The van der Waals surface area contributed by atoms with E-state index in [1.807, 2.05) is 0 Å². The van der Waals surface area contributed by atoms with Gasteiger partial charge in [0, 0.05) is 5.92 Å². The second-order valence-corrected chi connectivity index (χ2v) is 11.3. The molecule has 3 aliphatic carbocycles. The van der Waals surface area contributed by atoms with Gasteiger partial charge in [-0.1, -0.05) is 22.0 Å². The first kappa shape index (κ1) is 26.1. The Kier molecular flexibility index (Phi) is 6.42. The molecule has 36 heavy (non-hydrogen) atoms. The van der Waals surface area contributed by atoms with Crippen molar-refractivity contribution in [3.8, 4) is 5.75 Å². The zero-order chi connectivity index (χ0) is 26.9. The third kappa shape index (κ3) is 3.61. The van der Waals surface area contributed by atoms with Gasteiger partial charge < -0.3 is 21.3 Å². The van der Waals surface area contributed by atoms with Gasteiger partial charge in [0.15, 0.2) is 34.7 Å². The highest BCUT2D eigenvalue weighted by Gasteiger charge is 2.69. The average molecular weight is 564 g/mol. The number of aromatic hydroxyl groups is 1. The number of phenolic OH excluding ortho intramolecular Hbond substituents is 1. The molecule has 0 aromatic heterocycles. The van der Waals surface area contributed by atoms with Gasteiger partial charge in [-0.15, -0.1) is 0 Å². The first-order chi connectivity index (χ1) is 16.7. The molecule has 0 bridgehead atoms. The van der Waals surface area contributed by atoms with Crippen LogP contribution in [0.4, 0.5) is 5.69 Å². The van der Waals surface area contributed by atoms with Gasteiger partial charge in [-0.05, 0) is 51.4 Å². The zero-order valence-electron chi connectivity index (χ0n) is 19.8. The van der Waals surface area contributed by atoms with Gasteiger partial charge in [-0.3, -0.25) is 33.7 Å². The fourth-order valence-electron chi connectivity index (χ4n) is 5.91. The lowest BCUT2D eigenvalue weighted by Crippen LogP contribution is -2.74. The minimum absolute atomic E-state index is 0.0236. The Morgan fingerprint density at radius 1 is 1.19 bits per heavy atom. The van der Waals surface area contributed by atoms with Crippen molar-refractivity contribution in [2.45, 2.75) is 36.2 Å². The maximum Gasteiger partial charge on any atom is 0.237 e. The molecule has 0 aliphatic heterocycles. The van der Waals surface area contributed by atoms with E-state index in [1.54, 1.807) is 13.0 Å². The van der Waals surface area contributed by atoms with Crippen LogP contribution in [0.15, 0.2) is 12.1 Å². The van der Waals surface area contributed by atoms with E-state index in [0.29, 0.717) is 5.56 Å². The SMILES string of the molecule is CC(Br)C(=O)Nc1ccc2c(c1O)C(=O)C1C(=O)[C@]3(O)C(=O)C(C(N)=O)C(=O)[C@@H](N(C)C)C3CC1C2. The molecule has 4 rings (SSSR count). The number of alkyl halides is 1. The lowest BCUT2D eigenvalue weighted by molar-refractivity contribution is -0.181. The van der Waals surface area contributed by atoms with Gasteiger partial charge in [-0.25, -0.2) is 0 Å². The predicted molar refractivity (Wildman–Crippen MR) is 128 cm³/mol. The summed E-state index contributed by atoms with van der Waals surface area (Å²) in [7, 11) is 3.05. The lowest BCUT2D eigenvalue weighted by atomic mass is 9.52. The molecule has 0 spiro atoms. The number of halogens is 1. The number of benzene rings is 1. The number of Topliss-reactive ketones (excluding diaryl/α,β-unsaturated/α-hetero) is 4. The van der Waals surface area contributed by atoms with Crippen LogP contribution in [0.1, 0.15) is 29.3 Å². The molecule has 12 heteroatoms. The number of amides is 2. The molecule has 5 N–H and O–H groups in total. The Morgan fingerprint density at radius 2 is 1.83 bits per heavy atom. The molecule has 0 heterocycles. The van der Waals surface area contributed by atoms with Crippen LogP contribution < -0.4 is 11.1 Å². The predicted octanol–water partition coefficient (Wildman–Crippen LogP) is -0.411. The minimum Gasteiger partial charge on any atom is -0.505 e. The molecule has 5 unspecified atom stereocenters. The molecule has 0 radical (unpaired) electrons. The monoisotopic (exact) mass is 563 g/mol. The number of anilines is 1. The topological polar surface area (TPSA) is 184 Å². The van der Waals surface area contributed by atoms with Crippen molar-refractivity contribution in [3.63, 3.8) is 0 Å². The number of nitrogens with zero attached hydrogens (tertiary/aromatic N) is 1. The molecule has 2 fully saturated rings. The van der Waals surface area contributed by atoms with Crippen LogP contribution in [-0.2, 0) is 30.4 Å². The van der Waals surface area contributed by atoms with Crippen molar-refractivity contribution in [2.75, 3.05) is 19.4 Å². The van der Waals surface area contributed by atoms with Crippen molar-refractivity contribution in [1.82, 2.24) is 4.90 Å². The van der Waals surface area contributed by atoms with Crippen molar-refractivity contribution >= 4 is 56.6 Å². The lowest BCUT2D eigenvalue weighted by Gasteiger charge is -2.52. The number of nitrogens with two attached hydrogens (primary N) is 1. The van der Waals surface area contributed by atoms with Crippen LogP contribution in [-0.4, -0.2) is 80.6 Å². The van der Waals surface area contributed by atoms with Gasteiger partial charge >= 0.3 is 0 Å². The normalized spacial score (nSPS) is 32.4. The van der Waals surface area contributed by atoms with Crippen LogP contribution in [0.3, 0.4) is 0 Å². The van der Waals surface area contributed by atoms with Crippen LogP contribution in [0.25, 0.3) is 0 Å². The number of primary amides is 1. The van der Waals surface area contributed by atoms with Gasteiger partial charge in [0.05, 0.1) is 28.0 Å². The molecule has 3 aliphatic rings. The summed E-state index contributed by atoms with van der Waals surface area (Å²) in [6, 6.07) is 1.86. The summed E-state index contributed by atoms with van der Waals surface area (Å²) >= 11 is 3.11. The Morgan fingerprint density at radius 3 is 2.39 bits per heavy atom.